The second kappa shape index (κ2) is 7.78. The van der Waals surface area contributed by atoms with Crippen LogP contribution in [0.3, 0.4) is 0 Å². The van der Waals surface area contributed by atoms with Crippen LogP contribution in [-0.2, 0) is 4.79 Å². The molecule has 0 fully saturated rings. The zero-order chi connectivity index (χ0) is 18.6. The fourth-order valence-electron chi connectivity index (χ4n) is 1.87. The number of nitro benzene ring substituents is 1. The molecule has 0 saturated heterocycles. The van der Waals surface area contributed by atoms with Crippen molar-refractivity contribution in [3.8, 4) is 0 Å². The number of carboxylic acid groups (broad SMARTS) is 1. The number of nitrogens with one attached hydrogen (secondary N) is 1. The number of rotatable bonds is 5. The molecule has 25 heavy (non-hydrogen) atoms. The molecule has 9 heteroatoms. The summed E-state index contributed by atoms with van der Waals surface area (Å²) in [7, 11) is 0. The van der Waals surface area contributed by atoms with Crippen molar-refractivity contribution < 1.29 is 19.6 Å². The summed E-state index contributed by atoms with van der Waals surface area (Å²) >= 11 is 11.6. The monoisotopic (exact) mass is 380 g/mol. The third kappa shape index (κ3) is 4.79. The molecule has 128 valence electrons. The van der Waals surface area contributed by atoms with E-state index in [0.717, 1.165) is 6.08 Å². The minimum absolute atomic E-state index is 0.0103. The molecule has 0 aliphatic carbocycles. The quantitative estimate of drug-likeness (QED) is 0.457. The van der Waals surface area contributed by atoms with E-state index >= 15 is 0 Å². The van der Waals surface area contributed by atoms with Gasteiger partial charge in [-0.3, -0.25) is 14.9 Å². The van der Waals surface area contributed by atoms with Crippen LogP contribution in [0.1, 0.15) is 15.9 Å². The van der Waals surface area contributed by atoms with E-state index in [1.54, 1.807) is 0 Å². The van der Waals surface area contributed by atoms with Crippen molar-refractivity contribution in [2.75, 3.05) is 5.32 Å². The van der Waals surface area contributed by atoms with Crippen LogP contribution in [0.4, 0.5) is 11.4 Å². The van der Waals surface area contributed by atoms with E-state index in [1.165, 1.54) is 42.5 Å². The Hall–Kier alpha value is -2.90. The summed E-state index contributed by atoms with van der Waals surface area (Å²) in [5, 5.41) is 22.4. The lowest BCUT2D eigenvalue weighted by Crippen LogP contribution is -2.09. The Morgan fingerprint density at radius 2 is 1.80 bits per heavy atom. The average molecular weight is 381 g/mol. The van der Waals surface area contributed by atoms with E-state index < -0.39 is 16.8 Å². The molecule has 0 unspecified atom stereocenters. The SMILES string of the molecule is O=C(/C=C/c1ccc(Cl)c([N+](=O)[O-])c1)Nc1cc(C(=O)O)ccc1Cl. The topological polar surface area (TPSA) is 110 Å². The lowest BCUT2D eigenvalue weighted by atomic mass is 10.2. The number of halogens is 2. The fraction of sp³-hybridized carbons (Fsp3) is 0. The highest BCUT2D eigenvalue weighted by atomic mass is 35.5. The van der Waals surface area contributed by atoms with Gasteiger partial charge in [0.25, 0.3) is 5.69 Å². The summed E-state index contributed by atoms with van der Waals surface area (Å²) in [6.45, 7) is 0. The first-order valence-corrected chi connectivity index (χ1v) is 7.49. The Kier molecular flexibility index (Phi) is 5.74. The molecule has 0 atom stereocenters. The minimum atomic E-state index is -1.16. The summed E-state index contributed by atoms with van der Waals surface area (Å²) in [4.78, 5) is 33.1. The third-order valence-corrected chi connectivity index (χ3v) is 3.71. The first-order valence-electron chi connectivity index (χ1n) is 6.74. The molecule has 0 bridgehead atoms. The van der Waals surface area contributed by atoms with Crippen molar-refractivity contribution >= 4 is 52.5 Å². The van der Waals surface area contributed by atoms with Gasteiger partial charge in [0, 0.05) is 12.1 Å². The van der Waals surface area contributed by atoms with Gasteiger partial charge in [0.1, 0.15) is 5.02 Å². The van der Waals surface area contributed by atoms with Crippen LogP contribution >= 0.6 is 23.2 Å². The molecule has 0 heterocycles. The van der Waals surface area contributed by atoms with Crippen molar-refractivity contribution in [1.82, 2.24) is 0 Å². The van der Waals surface area contributed by atoms with Gasteiger partial charge in [-0.25, -0.2) is 4.79 Å². The van der Waals surface area contributed by atoms with Gasteiger partial charge in [0.2, 0.25) is 5.91 Å². The number of hydrogen-bond acceptors (Lipinski definition) is 4. The maximum Gasteiger partial charge on any atom is 0.335 e. The van der Waals surface area contributed by atoms with Gasteiger partial charge >= 0.3 is 5.97 Å². The first kappa shape index (κ1) is 18.4. The molecular weight excluding hydrogens is 371 g/mol. The molecule has 2 aromatic rings. The summed E-state index contributed by atoms with van der Waals surface area (Å²) < 4.78 is 0. The van der Waals surface area contributed by atoms with Crippen LogP contribution in [0.15, 0.2) is 42.5 Å². The van der Waals surface area contributed by atoms with Crippen LogP contribution in [0.2, 0.25) is 10.0 Å². The summed E-state index contributed by atoms with van der Waals surface area (Å²) in [6.07, 6.45) is 2.49. The Morgan fingerprint density at radius 1 is 1.12 bits per heavy atom. The van der Waals surface area contributed by atoms with Gasteiger partial charge in [-0.1, -0.05) is 29.3 Å². The van der Waals surface area contributed by atoms with E-state index in [2.05, 4.69) is 5.32 Å². The smallest absolute Gasteiger partial charge is 0.335 e. The van der Waals surface area contributed by atoms with Crippen LogP contribution in [0.25, 0.3) is 6.08 Å². The maximum absolute atomic E-state index is 11.9. The summed E-state index contributed by atoms with van der Waals surface area (Å²) in [6, 6.07) is 7.98. The number of carbonyl (C=O) groups excluding carboxylic acids is 1. The molecule has 1 amide bonds. The zero-order valence-corrected chi connectivity index (χ0v) is 13.9. The van der Waals surface area contributed by atoms with Gasteiger partial charge in [0.15, 0.2) is 0 Å². The average Bonchev–Trinajstić information content (AvgIpc) is 2.55. The number of hydrogen-bond donors (Lipinski definition) is 2. The Balaban J connectivity index is 2.16. The molecular formula is C16H10Cl2N2O5. The highest BCUT2D eigenvalue weighted by Gasteiger charge is 2.12. The highest BCUT2D eigenvalue weighted by molar-refractivity contribution is 6.34. The number of carboxylic acids is 1. The Labute approximate surface area is 151 Å². The van der Waals surface area contributed by atoms with E-state index in [-0.39, 0.29) is 27.0 Å². The predicted molar refractivity (Wildman–Crippen MR) is 94.2 cm³/mol. The van der Waals surface area contributed by atoms with Crippen molar-refractivity contribution in [1.29, 1.82) is 0 Å². The molecule has 2 aromatic carbocycles. The van der Waals surface area contributed by atoms with Crippen molar-refractivity contribution in [3.05, 3.63) is 73.8 Å². The predicted octanol–water partition coefficient (Wildman–Crippen LogP) is 4.25. The van der Waals surface area contributed by atoms with E-state index in [0.29, 0.717) is 5.56 Å². The minimum Gasteiger partial charge on any atom is -0.478 e. The molecule has 0 aliphatic rings. The molecule has 0 aromatic heterocycles. The van der Waals surface area contributed by atoms with E-state index in [9.17, 15) is 19.7 Å². The van der Waals surface area contributed by atoms with Gasteiger partial charge < -0.3 is 10.4 Å². The first-order chi connectivity index (χ1) is 11.8. The van der Waals surface area contributed by atoms with E-state index in [1.807, 2.05) is 0 Å². The number of nitrogens with zero attached hydrogens (tertiary/aromatic N) is 1. The summed E-state index contributed by atoms with van der Waals surface area (Å²) in [5.74, 6) is -1.74. The number of nitro groups is 1. The molecule has 7 nitrogen and oxygen atoms in total. The van der Waals surface area contributed by atoms with Crippen LogP contribution in [0, 0.1) is 10.1 Å². The molecule has 2 N–H and O–H groups in total. The van der Waals surface area contributed by atoms with Crippen molar-refractivity contribution in [3.63, 3.8) is 0 Å². The maximum atomic E-state index is 11.9. The number of carbonyl (C=O) groups is 2. The lowest BCUT2D eigenvalue weighted by Gasteiger charge is -2.06. The van der Waals surface area contributed by atoms with Gasteiger partial charge in [-0.2, -0.15) is 0 Å². The number of amides is 1. The molecule has 2 rings (SSSR count). The second-order valence-electron chi connectivity index (χ2n) is 4.79. The second-order valence-corrected chi connectivity index (χ2v) is 5.60. The Morgan fingerprint density at radius 3 is 2.44 bits per heavy atom. The third-order valence-electron chi connectivity index (χ3n) is 3.07. The Bertz CT molecular complexity index is 896. The molecule has 0 saturated carbocycles. The number of anilines is 1. The van der Waals surface area contributed by atoms with Crippen molar-refractivity contribution in [2.24, 2.45) is 0 Å². The fourth-order valence-corrected chi connectivity index (χ4v) is 2.23. The van der Waals surface area contributed by atoms with Crippen LogP contribution < -0.4 is 5.32 Å². The standard InChI is InChI=1S/C16H10Cl2N2O5/c17-11-5-3-10(16(22)23)8-13(11)19-15(21)6-2-9-1-4-12(18)14(7-9)20(24)25/h1-8H,(H,19,21)(H,22,23)/b6-2+. The van der Waals surface area contributed by atoms with Gasteiger partial charge in [-0.05, 0) is 35.9 Å². The van der Waals surface area contributed by atoms with Crippen molar-refractivity contribution in [2.45, 2.75) is 0 Å². The van der Waals surface area contributed by atoms with E-state index in [4.69, 9.17) is 28.3 Å². The number of aromatic carboxylic acids is 1. The molecule has 0 spiro atoms. The van der Waals surface area contributed by atoms with Crippen LogP contribution in [0.5, 0.6) is 0 Å². The highest BCUT2D eigenvalue weighted by Crippen LogP contribution is 2.26. The normalized spacial score (nSPS) is 10.6. The lowest BCUT2D eigenvalue weighted by molar-refractivity contribution is -0.384. The summed E-state index contributed by atoms with van der Waals surface area (Å²) in [5.41, 5.74) is 0.230. The largest absolute Gasteiger partial charge is 0.478 e. The van der Waals surface area contributed by atoms with Crippen LogP contribution in [-0.4, -0.2) is 21.9 Å². The van der Waals surface area contributed by atoms with Gasteiger partial charge in [0.05, 0.1) is 21.2 Å². The molecule has 0 aliphatic heterocycles. The molecule has 0 radical (unpaired) electrons. The van der Waals surface area contributed by atoms with Gasteiger partial charge in [-0.15, -0.1) is 0 Å². The number of benzene rings is 2. The zero-order valence-electron chi connectivity index (χ0n) is 12.4.